The minimum Gasteiger partial charge on any atom is -0.481 e. The standard InChI is InChI=1S/C32H31ClFN5O5/c1-31(42,23-15-37-38(2)17-23)22-12-25-28(26(34)13-22)32(21-7-9-24(33)10-8-21,44-18-36-29(40)20-5-6-20)39(30(25)41)16-19-4-11-27(43-3)35-14-19/h4,7-15,17,20,42H,5-6,16,18H2,1-3H3,(H,36,40)/t31?,32-/m1/s1. The molecule has 3 heterocycles. The van der Waals surface area contributed by atoms with Crippen molar-refractivity contribution in [3.63, 3.8) is 0 Å². The first kappa shape index (κ1) is 29.7. The van der Waals surface area contributed by atoms with Gasteiger partial charge in [0, 0.05) is 47.6 Å². The Bertz CT molecular complexity index is 1720. The van der Waals surface area contributed by atoms with Crippen molar-refractivity contribution < 1.29 is 28.6 Å². The van der Waals surface area contributed by atoms with Crippen LogP contribution in [-0.4, -0.2) is 50.4 Å². The molecule has 0 spiro atoms. The second-order valence-electron chi connectivity index (χ2n) is 11.2. The number of hydrogen-bond acceptors (Lipinski definition) is 7. The molecular weight excluding hydrogens is 589 g/mol. The van der Waals surface area contributed by atoms with E-state index in [1.807, 2.05) is 0 Å². The van der Waals surface area contributed by atoms with E-state index in [2.05, 4.69) is 15.4 Å². The van der Waals surface area contributed by atoms with E-state index in [4.69, 9.17) is 21.1 Å². The molecule has 2 N–H and O–H groups in total. The summed E-state index contributed by atoms with van der Waals surface area (Å²) in [6, 6.07) is 12.7. The summed E-state index contributed by atoms with van der Waals surface area (Å²) in [4.78, 5) is 32.6. The van der Waals surface area contributed by atoms with Crippen molar-refractivity contribution >= 4 is 23.4 Å². The summed E-state index contributed by atoms with van der Waals surface area (Å²) >= 11 is 6.23. The van der Waals surface area contributed by atoms with Gasteiger partial charge in [-0.25, -0.2) is 9.37 Å². The second-order valence-corrected chi connectivity index (χ2v) is 11.6. The summed E-state index contributed by atoms with van der Waals surface area (Å²) in [5.41, 5.74) is -1.88. The maximum Gasteiger partial charge on any atom is 0.257 e. The zero-order chi connectivity index (χ0) is 31.2. The van der Waals surface area contributed by atoms with Gasteiger partial charge in [0.2, 0.25) is 17.5 Å². The first-order chi connectivity index (χ1) is 21.0. The van der Waals surface area contributed by atoms with Gasteiger partial charge in [-0.3, -0.25) is 19.2 Å². The minimum atomic E-state index is -1.81. The normalized spacial score (nSPS) is 19.0. The monoisotopic (exact) mass is 619 g/mol. The average molecular weight is 620 g/mol. The average Bonchev–Trinajstić information content (AvgIpc) is 3.73. The van der Waals surface area contributed by atoms with Crippen LogP contribution in [0.15, 0.2) is 67.1 Å². The van der Waals surface area contributed by atoms with E-state index in [0.29, 0.717) is 27.6 Å². The van der Waals surface area contributed by atoms with Crippen LogP contribution in [0, 0.1) is 11.7 Å². The molecule has 1 fully saturated rings. The number of fused-ring (bicyclic) bond motifs is 1. The maximum atomic E-state index is 16.6. The molecule has 1 unspecified atom stereocenters. The van der Waals surface area contributed by atoms with E-state index in [-0.39, 0.29) is 41.8 Å². The first-order valence-electron chi connectivity index (χ1n) is 14.1. The van der Waals surface area contributed by atoms with E-state index < -0.39 is 23.1 Å². The Hall–Kier alpha value is -4.32. The Labute approximate surface area is 258 Å². The fourth-order valence-corrected chi connectivity index (χ4v) is 5.69. The third-order valence-electron chi connectivity index (χ3n) is 8.17. The number of aryl methyl sites for hydroxylation is 1. The highest BCUT2D eigenvalue weighted by molar-refractivity contribution is 6.30. The van der Waals surface area contributed by atoms with Gasteiger partial charge in [0.05, 0.1) is 31.0 Å². The Kier molecular flexibility index (Phi) is 7.64. The summed E-state index contributed by atoms with van der Waals surface area (Å²) in [7, 11) is 3.21. The molecule has 2 atom stereocenters. The minimum absolute atomic E-state index is 0.00843. The van der Waals surface area contributed by atoms with Gasteiger partial charge in [0.15, 0.2) is 0 Å². The lowest BCUT2D eigenvalue weighted by Gasteiger charge is -2.39. The Balaban J connectivity index is 1.51. The molecule has 2 aromatic carbocycles. The van der Waals surface area contributed by atoms with Crippen LogP contribution in [0.4, 0.5) is 4.39 Å². The van der Waals surface area contributed by atoms with Crippen LogP contribution in [0.2, 0.25) is 5.02 Å². The van der Waals surface area contributed by atoms with Gasteiger partial charge in [-0.05, 0) is 55.2 Å². The number of aromatic nitrogens is 3. The molecule has 10 nitrogen and oxygen atoms in total. The number of nitrogens with one attached hydrogen (secondary N) is 1. The van der Waals surface area contributed by atoms with Gasteiger partial charge in [0.25, 0.3) is 5.91 Å². The number of carbonyl (C=O) groups is 2. The van der Waals surface area contributed by atoms with Gasteiger partial charge in [-0.2, -0.15) is 5.10 Å². The topological polar surface area (TPSA) is 119 Å². The number of amides is 2. The van der Waals surface area contributed by atoms with Crippen LogP contribution in [0.3, 0.4) is 0 Å². The molecule has 0 radical (unpaired) electrons. The molecule has 2 amide bonds. The van der Waals surface area contributed by atoms with Gasteiger partial charge >= 0.3 is 0 Å². The maximum absolute atomic E-state index is 16.6. The lowest BCUT2D eigenvalue weighted by molar-refractivity contribution is -0.136. The number of hydrogen-bond donors (Lipinski definition) is 2. The van der Waals surface area contributed by atoms with Gasteiger partial charge in [-0.15, -0.1) is 0 Å². The molecule has 0 saturated heterocycles. The molecule has 4 aromatic rings. The lowest BCUT2D eigenvalue weighted by Crippen LogP contribution is -2.48. The molecule has 1 aliphatic heterocycles. The molecular formula is C32H31ClFN5O5. The zero-order valence-corrected chi connectivity index (χ0v) is 25.1. The van der Waals surface area contributed by atoms with E-state index >= 15 is 4.39 Å². The Morgan fingerprint density at radius 2 is 1.93 bits per heavy atom. The number of carbonyl (C=O) groups excluding carboxylic acids is 2. The highest BCUT2D eigenvalue weighted by Gasteiger charge is 2.55. The number of aliphatic hydroxyl groups is 1. The lowest BCUT2D eigenvalue weighted by atomic mass is 9.85. The highest BCUT2D eigenvalue weighted by Crippen LogP contribution is 2.49. The van der Waals surface area contributed by atoms with Crippen molar-refractivity contribution in [1.29, 1.82) is 0 Å². The third-order valence-corrected chi connectivity index (χ3v) is 8.42. The Morgan fingerprint density at radius 3 is 2.55 bits per heavy atom. The van der Waals surface area contributed by atoms with Crippen LogP contribution in [0.1, 0.15) is 57.9 Å². The largest absolute Gasteiger partial charge is 0.481 e. The summed E-state index contributed by atoms with van der Waals surface area (Å²) in [6.07, 6.45) is 6.26. The van der Waals surface area contributed by atoms with Crippen LogP contribution >= 0.6 is 11.6 Å². The van der Waals surface area contributed by atoms with Crippen LogP contribution in [-0.2, 0) is 34.4 Å². The molecule has 1 aliphatic carbocycles. The molecule has 2 aliphatic rings. The van der Waals surface area contributed by atoms with Crippen LogP contribution in [0.5, 0.6) is 5.88 Å². The highest BCUT2D eigenvalue weighted by atomic mass is 35.5. The molecule has 2 aromatic heterocycles. The van der Waals surface area contributed by atoms with Gasteiger partial charge in [-0.1, -0.05) is 29.8 Å². The summed E-state index contributed by atoms with van der Waals surface area (Å²) < 4.78 is 29.8. The van der Waals surface area contributed by atoms with Gasteiger partial charge < -0.3 is 19.9 Å². The smallest absolute Gasteiger partial charge is 0.257 e. The number of nitrogens with zero attached hydrogens (tertiary/aromatic N) is 4. The fourth-order valence-electron chi connectivity index (χ4n) is 5.57. The number of benzene rings is 2. The molecule has 12 heteroatoms. The summed E-state index contributed by atoms with van der Waals surface area (Å²) in [6.45, 7) is 1.19. The van der Waals surface area contributed by atoms with Crippen molar-refractivity contribution in [2.24, 2.45) is 13.0 Å². The number of rotatable bonds is 10. The van der Waals surface area contributed by atoms with Crippen molar-refractivity contribution in [3.05, 3.63) is 111 Å². The third kappa shape index (κ3) is 5.21. The molecule has 0 bridgehead atoms. The van der Waals surface area contributed by atoms with Crippen molar-refractivity contribution in [1.82, 2.24) is 25.0 Å². The summed E-state index contributed by atoms with van der Waals surface area (Å²) in [5, 5.41) is 18.9. The first-order valence-corrected chi connectivity index (χ1v) is 14.5. The van der Waals surface area contributed by atoms with Crippen LogP contribution in [0.25, 0.3) is 0 Å². The molecule has 1 saturated carbocycles. The second kappa shape index (κ2) is 11.3. The number of methoxy groups -OCH3 is 1. The van der Waals surface area contributed by atoms with E-state index in [0.717, 1.165) is 12.8 Å². The van der Waals surface area contributed by atoms with E-state index in [1.54, 1.807) is 55.8 Å². The molecule has 44 heavy (non-hydrogen) atoms. The molecule has 6 rings (SSSR count). The number of halogens is 2. The SMILES string of the molecule is COc1ccc(CN2C(=O)c3cc(C(C)(O)c4cnn(C)c4)cc(F)c3[C@]2(OCNC(=O)C2CC2)c2ccc(Cl)cc2)cn1. The summed E-state index contributed by atoms with van der Waals surface area (Å²) in [5.74, 6) is -1.18. The van der Waals surface area contributed by atoms with E-state index in [1.165, 1.54) is 41.9 Å². The number of ether oxygens (including phenoxy) is 2. The van der Waals surface area contributed by atoms with E-state index in [9.17, 15) is 14.7 Å². The van der Waals surface area contributed by atoms with Crippen LogP contribution < -0.4 is 10.1 Å². The van der Waals surface area contributed by atoms with Crippen molar-refractivity contribution in [2.45, 2.75) is 37.6 Å². The Morgan fingerprint density at radius 1 is 1.18 bits per heavy atom. The van der Waals surface area contributed by atoms with Gasteiger partial charge in [0.1, 0.15) is 18.1 Å². The van der Waals surface area contributed by atoms with Crippen molar-refractivity contribution in [2.75, 3.05) is 13.8 Å². The number of pyridine rings is 1. The van der Waals surface area contributed by atoms with Crippen molar-refractivity contribution in [3.8, 4) is 5.88 Å². The zero-order valence-electron chi connectivity index (χ0n) is 24.4. The predicted molar refractivity (Wildman–Crippen MR) is 158 cm³/mol. The fraction of sp³-hybridized carbons (Fsp3) is 0.312. The predicted octanol–water partition coefficient (Wildman–Crippen LogP) is 4.23. The molecule has 228 valence electrons. The quantitative estimate of drug-likeness (QED) is 0.255.